The lowest BCUT2D eigenvalue weighted by Crippen LogP contribution is -2.54. The van der Waals surface area contributed by atoms with Gasteiger partial charge in [0.25, 0.3) is 0 Å². The van der Waals surface area contributed by atoms with Gasteiger partial charge >= 0.3 is 0 Å². The van der Waals surface area contributed by atoms with E-state index in [0.29, 0.717) is 5.91 Å². The van der Waals surface area contributed by atoms with Gasteiger partial charge in [0, 0.05) is 12.1 Å². The van der Waals surface area contributed by atoms with Gasteiger partial charge in [-0.1, -0.05) is 6.92 Å². The molecular formula is C12H22N2O. The van der Waals surface area contributed by atoms with E-state index in [9.17, 15) is 4.79 Å². The molecule has 3 heteroatoms. The van der Waals surface area contributed by atoms with Crippen molar-refractivity contribution in [3.8, 4) is 0 Å². The Balaban J connectivity index is 1.94. The molecule has 0 radical (unpaired) electrons. The third kappa shape index (κ3) is 2.17. The van der Waals surface area contributed by atoms with Crippen molar-refractivity contribution in [1.29, 1.82) is 0 Å². The Morgan fingerprint density at radius 3 is 2.87 bits per heavy atom. The summed E-state index contributed by atoms with van der Waals surface area (Å²) in [5.74, 6) is 0.342. The SMILES string of the molecule is CCCNC1CCCN(C2(C)CC2)C1=O. The van der Waals surface area contributed by atoms with E-state index in [1.54, 1.807) is 0 Å². The zero-order valence-electron chi connectivity index (χ0n) is 9.88. The lowest BCUT2D eigenvalue weighted by Gasteiger charge is -2.37. The van der Waals surface area contributed by atoms with E-state index in [-0.39, 0.29) is 11.6 Å². The molecule has 1 heterocycles. The van der Waals surface area contributed by atoms with E-state index in [0.717, 1.165) is 32.4 Å². The average molecular weight is 210 g/mol. The number of rotatable bonds is 4. The van der Waals surface area contributed by atoms with Crippen molar-refractivity contribution in [2.45, 2.75) is 57.5 Å². The van der Waals surface area contributed by atoms with Gasteiger partial charge in [-0.2, -0.15) is 0 Å². The predicted molar refractivity (Wildman–Crippen MR) is 60.7 cm³/mol. The van der Waals surface area contributed by atoms with Gasteiger partial charge in [0.05, 0.1) is 6.04 Å². The average Bonchev–Trinajstić information content (AvgIpc) is 2.96. The van der Waals surface area contributed by atoms with E-state index in [1.807, 2.05) is 0 Å². The van der Waals surface area contributed by atoms with Gasteiger partial charge in [-0.05, 0) is 45.6 Å². The fourth-order valence-electron chi connectivity index (χ4n) is 2.37. The van der Waals surface area contributed by atoms with Crippen LogP contribution in [0.2, 0.25) is 0 Å². The monoisotopic (exact) mass is 210 g/mol. The van der Waals surface area contributed by atoms with Crippen LogP contribution in [0.4, 0.5) is 0 Å². The van der Waals surface area contributed by atoms with Crippen LogP contribution in [0.25, 0.3) is 0 Å². The van der Waals surface area contributed by atoms with Crippen LogP contribution >= 0.6 is 0 Å². The summed E-state index contributed by atoms with van der Waals surface area (Å²) >= 11 is 0. The van der Waals surface area contributed by atoms with E-state index in [4.69, 9.17) is 0 Å². The maximum absolute atomic E-state index is 12.2. The quantitative estimate of drug-likeness (QED) is 0.763. The molecule has 1 aliphatic carbocycles. The molecule has 1 atom stereocenters. The second-order valence-electron chi connectivity index (χ2n) is 5.14. The number of piperidine rings is 1. The lowest BCUT2D eigenvalue weighted by molar-refractivity contribution is -0.139. The molecule has 3 nitrogen and oxygen atoms in total. The molecule has 0 bridgehead atoms. The zero-order valence-corrected chi connectivity index (χ0v) is 9.88. The van der Waals surface area contributed by atoms with E-state index in [1.165, 1.54) is 12.8 Å². The zero-order chi connectivity index (χ0) is 10.9. The first kappa shape index (κ1) is 10.9. The summed E-state index contributed by atoms with van der Waals surface area (Å²) in [4.78, 5) is 14.3. The van der Waals surface area contributed by atoms with Gasteiger partial charge in [0.15, 0.2) is 0 Å². The van der Waals surface area contributed by atoms with E-state index < -0.39 is 0 Å². The molecule has 0 aromatic carbocycles. The molecule has 1 amide bonds. The van der Waals surface area contributed by atoms with Crippen LogP contribution in [0, 0.1) is 0 Å². The minimum Gasteiger partial charge on any atom is -0.336 e. The molecule has 0 spiro atoms. The van der Waals surface area contributed by atoms with Crippen LogP contribution in [0.15, 0.2) is 0 Å². The van der Waals surface area contributed by atoms with Crippen molar-refractivity contribution in [2.75, 3.05) is 13.1 Å². The Labute approximate surface area is 92.2 Å². The maximum atomic E-state index is 12.2. The highest BCUT2D eigenvalue weighted by molar-refractivity contribution is 5.83. The summed E-state index contributed by atoms with van der Waals surface area (Å²) in [7, 11) is 0. The van der Waals surface area contributed by atoms with Gasteiger partial charge < -0.3 is 10.2 Å². The van der Waals surface area contributed by atoms with Crippen LogP contribution < -0.4 is 5.32 Å². The first-order chi connectivity index (χ1) is 7.17. The van der Waals surface area contributed by atoms with Crippen LogP contribution in [-0.2, 0) is 4.79 Å². The molecule has 15 heavy (non-hydrogen) atoms. The second kappa shape index (κ2) is 4.12. The standard InChI is InChI=1S/C12H22N2O/c1-3-8-13-10-5-4-9-14(11(10)15)12(2)6-7-12/h10,13H,3-9H2,1-2H3. The van der Waals surface area contributed by atoms with Crippen molar-refractivity contribution in [3.63, 3.8) is 0 Å². The fourth-order valence-corrected chi connectivity index (χ4v) is 2.37. The predicted octanol–water partition coefficient (Wildman–Crippen LogP) is 1.53. The fraction of sp³-hybridized carbons (Fsp3) is 0.917. The molecule has 2 fully saturated rings. The maximum Gasteiger partial charge on any atom is 0.240 e. The number of carbonyl (C=O) groups excluding carboxylic acids is 1. The summed E-state index contributed by atoms with van der Waals surface area (Å²) < 4.78 is 0. The molecule has 2 rings (SSSR count). The summed E-state index contributed by atoms with van der Waals surface area (Å²) in [6, 6.07) is 0.0936. The molecule has 0 aromatic rings. The summed E-state index contributed by atoms with van der Waals surface area (Å²) in [5.41, 5.74) is 0.212. The third-order valence-electron chi connectivity index (χ3n) is 3.70. The Kier molecular flexibility index (Phi) is 3.01. The summed E-state index contributed by atoms with van der Waals surface area (Å²) in [5, 5.41) is 3.36. The van der Waals surface area contributed by atoms with E-state index >= 15 is 0 Å². The second-order valence-corrected chi connectivity index (χ2v) is 5.14. The van der Waals surface area contributed by atoms with Crippen LogP contribution in [0.3, 0.4) is 0 Å². The topological polar surface area (TPSA) is 32.3 Å². The Bertz CT molecular complexity index is 248. The molecule has 2 aliphatic rings. The van der Waals surface area contributed by atoms with Crippen LogP contribution in [-0.4, -0.2) is 35.5 Å². The normalized spacial score (nSPS) is 29.3. The minimum atomic E-state index is 0.0936. The number of nitrogens with one attached hydrogen (secondary N) is 1. The molecule has 1 N–H and O–H groups in total. The molecular weight excluding hydrogens is 188 g/mol. The number of nitrogens with zero attached hydrogens (tertiary/aromatic N) is 1. The third-order valence-corrected chi connectivity index (χ3v) is 3.70. The van der Waals surface area contributed by atoms with Crippen LogP contribution in [0.1, 0.15) is 46.0 Å². The van der Waals surface area contributed by atoms with Gasteiger partial charge in [0.1, 0.15) is 0 Å². The molecule has 86 valence electrons. The number of amides is 1. The van der Waals surface area contributed by atoms with Gasteiger partial charge in [0.2, 0.25) is 5.91 Å². The highest BCUT2D eigenvalue weighted by atomic mass is 16.2. The largest absolute Gasteiger partial charge is 0.336 e. The van der Waals surface area contributed by atoms with E-state index in [2.05, 4.69) is 24.1 Å². The van der Waals surface area contributed by atoms with Gasteiger partial charge in [-0.15, -0.1) is 0 Å². The first-order valence-electron chi connectivity index (χ1n) is 6.22. The van der Waals surface area contributed by atoms with Crippen molar-refractivity contribution >= 4 is 5.91 Å². The Morgan fingerprint density at radius 1 is 1.53 bits per heavy atom. The molecule has 1 unspecified atom stereocenters. The highest BCUT2D eigenvalue weighted by Crippen LogP contribution is 2.42. The number of hydrogen-bond acceptors (Lipinski definition) is 2. The summed E-state index contributed by atoms with van der Waals surface area (Å²) in [6.45, 7) is 6.29. The molecule has 1 aliphatic heterocycles. The smallest absolute Gasteiger partial charge is 0.240 e. The van der Waals surface area contributed by atoms with Crippen molar-refractivity contribution in [1.82, 2.24) is 10.2 Å². The first-order valence-corrected chi connectivity index (χ1v) is 6.22. The van der Waals surface area contributed by atoms with Gasteiger partial charge in [-0.3, -0.25) is 4.79 Å². The minimum absolute atomic E-state index is 0.0936. The number of likely N-dealkylation sites (tertiary alicyclic amines) is 1. The molecule has 0 aromatic heterocycles. The molecule has 1 saturated carbocycles. The number of carbonyl (C=O) groups is 1. The van der Waals surface area contributed by atoms with Crippen molar-refractivity contribution < 1.29 is 4.79 Å². The lowest BCUT2D eigenvalue weighted by atomic mass is 10.0. The molecule has 1 saturated heterocycles. The number of hydrogen-bond donors (Lipinski definition) is 1. The summed E-state index contributed by atoms with van der Waals surface area (Å²) in [6.07, 6.45) is 5.66. The Hall–Kier alpha value is -0.570. The Morgan fingerprint density at radius 2 is 2.27 bits per heavy atom. The van der Waals surface area contributed by atoms with Crippen molar-refractivity contribution in [2.24, 2.45) is 0 Å². The highest BCUT2D eigenvalue weighted by Gasteiger charge is 2.47. The van der Waals surface area contributed by atoms with Crippen molar-refractivity contribution in [3.05, 3.63) is 0 Å². The van der Waals surface area contributed by atoms with Crippen LogP contribution in [0.5, 0.6) is 0 Å². The van der Waals surface area contributed by atoms with Gasteiger partial charge in [-0.25, -0.2) is 0 Å².